The number of carbonyl (C=O) groups is 1. The summed E-state index contributed by atoms with van der Waals surface area (Å²) in [6.45, 7) is 4.32. The average molecular weight is 275 g/mol. The molecule has 3 nitrogen and oxygen atoms in total. The van der Waals surface area contributed by atoms with Crippen LogP contribution in [0.25, 0.3) is 0 Å². The molecule has 0 spiro atoms. The Morgan fingerprint density at radius 1 is 1.53 bits per heavy atom. The highest BCUT2D eigenvalue weighted by Gasteiger charge is 2.19. The summed E-state index contributed by atoms with van der Waals surface area (Å²) in [7, 11) is 0. The number of amides is 1. The molecular formula is C12H19ClN2OS. The summed E-state index contributed by atoms with van der Waals surface area (Å²) in [4.78, 5) is 14.1. The summed E-state index contributed by atoms with van der Waals surface area (Å²) >= 11 is 1.63. The minimum atomic E-state index is -0.352. The molecule has 0 aliphatic heterocycles. The quantitative estimate of drug-likeness (QED) is 0.887. The van der Waals surface area contributed by atoms with E-state index in [0.29, 0.717) is 6.54 Å². The van der Waals surface area contributed by atoms with Crippen LogP contribution in [0.4, 0.5) is 0 Å². The van der Waals surface area contributed by atoms with E-state index < -0.39 is 0 Å². The zero-order chi connectivity index (χ0) is 11.8. The van der Waals surface area contributed by atoms with Crippen molar-refractivity contribution < 1.29 is 4.79 Å². The van der Waals surface area contributed by atoms with E-state index in [1.54, 1.807) is 11.3 Å². The molecule has 1 amide bonds. The van der Waals surface area contributed by atoms with Gasteiger partial charge in [-0.1, -0.05) is 0 Å². The van der Waals surface area contributed by atoms with Crippen molar-refractivity contribution in [2.24, 2.45) is 5.73 Å². The Balaban J connectivity index is 0.00000144. The number of halogens is 1. The second-order valence-corrected chi connectivity index (χ2v) is 6.22. The number of aryl methyl sites for hydroxylation is 2. The molecule has 1 heterocycles. The second kappa shape index (κ2) is 5.38. The SMILES string of the molecule is CC(C)(N)CNC(=O)c1cc2c(s1)CCC2.Cl. The molecule has 0 bridgehead atoms. The van der Waals surface area contributed by atoms with Gasteiger partial charge in [-0.2, -0.15) is 0 Å². The van der Waals surface area contributed by atoms with E-state index in [1.165, 1.54) is 16.9 Å². The number of nitrogens with two attached hydrogens (primary N) is 1. The molecule has 0 aromatic carbocycles. The molecule has 1 aliphatic carbocycles. The maximum absolute atomic E-state index is 11.8. The highest BCUT2D eigenvalue weighted by Crippen LogP contribution is 2.30. The maximum Gasteiger partial charge on any atom is 0.261 e. The first-order chi connectivity index (χ1) is 7.46. The fourth-order valence-corrected chi connectivity index (χ4v) is 3.01. The Labute approximate surface area is 112 Å². The highest BCUT2D eigenvalue weighted by molar-refractivity contribution is 7.14. The minimum absolute atomic E-state index is 0. The summed E-state index contributed by atoms with van der Waals surface area (Å²) in [5.41, 5.74) is 6.83. The largest absolute Gasteiger partial charge is 0.350 e. The highest BCUT2D eigenvalue weighted by atomic mass is 35.5. The van der Waals surface area contributed by atoms with Crippen molar-refractivity contribution in [2.45, 2.75) is 38.6 Å². The number of rotatable bonds is 3. The van der Waals surface area contributed by atoms with Gasteiger partial charge in [-0.15, -0.1) is 23.7 Å². The van der Waals surface area contributed by atoms with Crippen molar-refractivity contribution in [2.75, 3.05) is 6.54 Å². The Kier molecular flexibility index (Phi) is 4.58. The van der Waals surface area contributed by atoms with Gasteiger partial charge in [0.25, 0.3) is 5.91 Å². The van der Waals surface area contributed by atoms with Crippen LogP contribution in [0.5, 0.6) is 0 Å². The molecule has 0 radical (unpaired) electrons. The van der Waals surface area contributed by atoms with E-state index in [0.717, 1.165) is 17.7 Å². The van der Waals surface area contributed by atoms with E-state index in [4.69, 9.17) is 5.73 Å². The Morgan fingerprint density at radius 3 is 2.82 bits per heavy atom. The smallest absolute Gasteiger partial charge is 0.261 e. The first-order valence-electron chi connectivity index (χ1n) is 5.64. The molecule has 17 heavy (non-hydrogen) atoms. The van der Waals surface area contributed by atoms with Gasteiger partial charge >= 0.3 is 0 Å². The molecule has 5 heteroatoms. The van der Waals surface area contributed by atoms with E-state index >= 15 is 0 Å². The predicted molar refractivity (Wildman–Crippen MR) is 74.2 cm³/mol. The predicted octanol–water partition coefficient (Wildman–Crippen LogP) is 2.13. The van der Waals surface area contributed by atoms with Gasteiger partial charge in [-0.3, -0.25) is 4.79 Å². The third-order valence-corrected chi connectivity index (χ3v) is 3.91. The van der Waals surface area contributed by atoms with Gasteiger partial charge in [-0.25, -0.2) is 0 Å². The van der Waals surface area contributed by atoms with Crippen molar-refractivity contribution in [3.63, 3.8) is 0 Å². The lowest BCUT2D eigenvalue weighted by Gasteiger charge is -2.18. The van der Waals surface area contributed by atoms with Gasteiger partial charge in [0, 0.05) is 17.0 Å². The van der Waals surface area contributed by atoms with Gasteiger partial charge in [0.2, 0.25) is 0 Å². The van der Waals surface area contributed by atoms with Crippen LogP contribution in [-0.2, 0) is 12.8 Å². The number of carbonyl (C=O) groups excluding carboxylic acids is 1. The zero-order valence-corrected chi connectivity index (χ0v) is 11.8. The topological polar surface area (TPSA) is 55.1 Å². The summed E-state index contributed by atoms with van der Waals surface area (Å²) in [5, 5.41) is 2.87. The summed E-state index contributed by atoms with van der Waals surface area (Å²) < 4.78 is 0. The van der Waals surface area contributed by atoms with Gasteiger partial charge in [0.15, 0.2) is 0 Å². The van der Waals surface area contributed by atoms with Crippen LogP contribution in [0.3, 0.4) is 0 Å². The van der Waals surface area contributed by atoms with Crippen molar-refractivity contribution in [3.8, 4) is 0 Å². The van der Waals surface area contributed by atoms with Gasteiger partial charge in [0.1, 0.15) is 0 Å². The first-order valence-corrected chi connectivity index (χ1v) is 6.46. The summed E-state index contributed by atoms with van der Waals surface area (Å²) in [6, 6.07) is 2.03. The van der Waals surface area contributed by atoms with Crippen LogP contribution in [0.1, 0.15) is 40.4 Å². The normalized spacial score (nSPS) is 14.1. The van der Waals surface area contributed by atoms with Crippen LogP contribution in [0.15, 0.2) is 6.07 Å². The minimum Gasteiger partial charge on any atom is -0.350 e. The molecule has 1 aromatic rings. The Bertz CT molecular complexity index is 388. The molecular weight excluding hydrogens is 256 g/mol. The molecule has 0 fully saturated rings. The number of nitrogens with one attached hydrogen (secondary N) is 1. The lowest BCUT2D eigenvalue weighted by Crippen LogP contribution is -2.44. The lowest BCUT2D eigenvalue weighted by molar-refractivity contribution is 0.0950. The number of fused-ring (bicyclic) bond motifs is 1. The standard InChI is InChI=1S/C12H18N2OS.ClH/c1-12(2,13)7-14-11(15)10-6-8-4-3-5-9(8)16-10;/h6H,3-5,7,13H2,1-2H3,(H,14,15);1H. The molecule has 2 rings (SSSR count). The number of hydrogen-bond acceptors (Lipinski definition) is 3. The van der Waals surface area contributed by atoms with E-state index in [9.17, 15) is 4.79 Å². The fourth-order valence-electron chi connectivity index (χ4n) is 1.84. The summed E-state index contributed by atoms with van der Waals surface area (Å²) in [5.74, 6) is 0.0120. The molecule has 0 saturated carbocycles. The van der Waals surface area contributed by atoms with Crippen LogP contribution >= 0.6 is 23.7 Å². The molecule has 1 aliphatic rings. The average Bonchev–Trinajstić information content (AvgIpc) is 2.71. The Hall–Kier alpha value is -0.580. The van der Waals surface area contributed by atoms with Crippen molar-refractivity contribution in [1.82, 2.24) is 5.32 Å². The summed E-state index contributed by atoms with van der Waals surface area (Å²) in [6.07, 6.45) is 3.50. The third-order valence-electron chi connectivity index (χ3n) is 2.67. The van der Waals surface area contributed by atoms with Crippen molar-refractivity contribution in [3.05, 3.63) is 21.4 Å². The van der Waals surface area contributed by atoms with Crippen LogP contribution in [0, 0.1) is 0 Å². The molecule has 0 unspecified atom stereocenters. The molecule has 0 atom stereocenters. The lowest BCUT2D eigenvalue weighted by atomic mass is 10.1. The molecule has 96 valence electrons. The van der Waals surface area contributed by atoms with E-state index in [1.807, 2.05) is 19.9 Å². The molecule has 3 N–H and O–H groups in total. The van der Waals surface area contributed by atoms with Crippen LogP contribution in [-0.4, -0.2) is 18.0 Å². The van der Waals surface area contributed by atoms with Crippen molar-refractivity contribution in [1.29, 1.82) is 0 Å². The number of thiophene rings is 1. The molecule has 0 saturated heterocycles. The fraction of sp³-hybridized carbons (Fsp3) is 0.583. The third kappa shape index (κ3) is 3.69. The monoisotopic (exact) mass is 274 g/mol. The maximum atomic E-state index is 11.8. The van der Waals surface area contributed by atoms with E-state index in [2.05, 4.69) is 5.32 Å². The zero-order valence-electron chi connectivity index (χ0n) is 10.2. The van der Waals surface area contributed by atoms with Crippen molar-refractivity contribution >= 4 is 29.7 Å². The first kappa shape index (κ1) is 14.5. The second-order valence-electron chi connectivity index (χ2n) is 5.08. The van der Waals surface area contributed by atoms with E-state index in [-0.39, 0.29) is 23.9 Å². The van der Waals surface area contributed by atoms with Crippen LogP contribution in [0.2, 0.25) is 0 Å². The van der Waals surface area contributed by atoms with Gasteiger partial charge in [0.05, 0.1) is 4.88 Å². The number of hydrogen-bond donors (Lipinski definition) is 2. The van der Waals surface area contributed by atoms with Crippen LogP contribution < -0.4 is 11.1 Å². The van der Waals surface area contributed by atoms with Gasteiger partial charge < -0.3 is 11.1 Å². The Morgan fingerprint density at radius 2 is 2.24 bits per heavy atom. The van der Waals surface area contributed by atoms with Gasteiger partial charge in [-0.05, 0) is 44.7 Å². The molecule has 1 aromatic heterocycles.